The lowest BCUT2D eigenvalue weighted by molar-refractivity contribution is -0.174. The molecule has 0 bridgehead atoms. The van der Waals surface area contributed by atoms with Crippen LogP contribution in [0.25, 0.3) is 11.2 Å². The third-order valence-corrected chi connectivity index (χ3v) is 4.61. The van der Waals surface area contributed by atoms with Gasteiger partial charge in [0.15, 0.2) is 29.6 Å². The molecule has 0 unspecified atom stereocenters. The van der Waals surface area contributed by atoms with Crippen molar-refractivity contribution in [3.8, 4) is 0 Å². The maximum Gasteiger partial charge on any atom is 0.350 e. The van der Waals surface area contributed by atoms with Crippen molar-refractivity contribution in [1.29, 1.82) is 0 Å². The van der Waals surface area contributed by atoms with Gasteiger partial charge in [-0.3, -0.25) is 34.0 Å². The molecule has 2 fully saturated rings. The zero-order valence-electron chi connectivity index (χ0n) is 16.5. The number of aromatic nitrogens is 4. The fraction of sp³-hybridized carbons (Fsp3) is 0.471. The summed E-state index contributed by atoms with van der Waals surface area (Å²) in [5.41, 5.74) is -0.697. The molecule has 0 spiro atoms. The van der Waals surface area contributed by atoms with Gasteiger partial charge in [0.2, 0.25) is 18.0 Å². The van der Waals surface area contributed by atoms with Crippen LogP contribution in [-0.2, 0) is 38.1 Å². The largest absolute Gasteiger partial charge is 0.454 e. The Kier molecular flexibility index (Phi) is 4.93. The second-order valence-electron chi connectivity index (χ2n) is 6.92. The second kappa shape index (κ2) is 7.46. The van der Waals surface area contributed by atoms with Crippen molar-refractivity contribution >= 4 is 40.9 Å². The zero-order chi connectivity index (χ0) is 22.4. The lowest BCUT2D eigenvalue weighted by Gasteiger charge is -2.22. The van der Waals surface area contributed by atoms with Crippen molar-refractivity contribution < 1.29 is 38.1 Å². The highest BCUT2D eigenvalue weighted by Crippen LogP contribution is 2.40. The molecule has 2 N–H and O–H groups in total. The van der Waals surface area contributed by atoms with Crippen LogP contribution in [0.2, 0.25) is 0 Å². The number of carbonyl (C=O) groups excluding carboxylic acids is 4. The molecule has 2 aromatic heterocycles. The fourth-order valence-corrected chi connectivity index (χ4v) is 3.58. The lowest BCUT2D eigenvalue weighted by atomic mass is 10.1. The maximum absolute atomic E-state index is 12.6. The van der Waals surface area contributed by atoms with Crippen LogP contribution < -0.4 is 10.9 Å². The van der Waals surface area contributed by atoms with Gasteiger partial charge in [-0.2, -0.15) is 4.98 Å². The number of ether oxygens (including phenoxy) is 4. The number of fused-ring (bicyclic) bond motifs is 2. The molecule has 4 rings (SSSR count). The van der Waals surface area contributed by atoms with Crippen LogP contribution in [0.3, 0.4) is 0 Å². The van der Waals surface area contributed by atoms with Crippen molar-refractivity contribution in [2.75, 3.05) is 5.32 Å². The van der Waals surface area contributed by atoms with Gasteiger partial charge in [0.25, 0.3) is 5.56 Å². The Morgan fingerprint density at radius 2 is 1.84 bits per heavy atom. The molecule has 0 aromatic carbocycles. The van der Waals surface area contributed by atoms with Crippen molar-refractivity contribution in [2.45, 2.75) is 51.4 Å². The van der Waals surface area contributed by atoms with Crippen LogP contribution >= 0.6 is 0 Å². The minimum absolute atomic E-state index is 0.0109. The van der Waals surface area contributed by atoms with Crippen molar-refractivity contribution in [3.05, 3.63) is 16.7 Å². The number of hydrogen-bond donors (Lipinski definition) is 2. The second-order valence-corrected chi connectivity index (χ2v) is 6.92. The molecule has 2 saturated heterocycles. The van der Waals surface area contributed by atoms with Crippen molar-refractivity contribution in [1.82, 2.24) is 19.5 Å². The summed E-state index contributed by atoms with van der Waals surface area (Å²) in [5.74, 6) is -2.79. The van der Waals surface area contributed by atoms with Crippen LogP contribution in [0.4, 0.5) is 5.95 Å². The minimum atomic E-state index is -1.36. The predicted octanol–water partition coefficient (Wildman–Crippen LogP) is -1.24. The first-order chi connectivity index (χ1) is 14.7. The van der Waals surface area contributed by atoms with Gasteiger partial charge in [-0.05, 0) is 0 Å². The van der Waals surface area contributed by atoms with Crippen LogP contribution in [0.1, 0.15) is 27.0 Å². The van der Waals surface area contributed by atoms with E-state index >= 15 is 0 Å². The number of esters is 3. The van der Waals surface area contributed by atoms with Gasteiger partial charge >= 0.3 is 17.9 Å². The van der Waals surface area contributed by atoms with E-state index in [-0.39, 0.29) is 17.1 Å². The van der Waals surface area contributed by atoms with E-state index in [0.717, 1.165) is 13.8 Å². The fourth-order valence-electron chi connectivity index (χ4n) is 3.58. The smallest absolute Gasteiger partial charge is 0.350 e. The van der Waals surface area contributed by atoms with E-state index in [9.17, 15) is 24.0 Å². The highest BCUT2D eigenvalue weighted by Gasteiger charge is 2.61. The summed E-state index contributed by atoms with van der Waals surface area (Å²) < 4.78 is 22.7. The van der Waals surface area contributed by atoms with E-state index in [2.05, 4.69) is 20.3 Å². The predicted molar refractivity (Wildman–Crippen MR) is 97.4 cm³/mol. The van der Waals surface area contributed by atoms with Gasteiger partial charge in [-0.1, -0.05) is 0 Å². The highest BCUT2D eigenvalue weighted by molar-refractivity contribution is 5.87. The quantitative estimate of drug-likeness (QED) is 0.433. The molecule has 31 heavy (non-hydrogen) atoms. The number of rotatable bonds is 4. The van der Waals surface area contributed by atoms with E-state index in [1.54, 1.807) is 0 Å². The summed E-state index contributed by atoms with van der Waals surface area (Å²) in [6, 6.07) is 0. The number of H-pyrrole nitrogens is 1. The van der Waals surface area contributed by atoms with Gasteiger partial charge in [0.1, 0.15) is 12.4 Å². The summed E-state index contributed by atoms with van der Waals surface area (Å²) >= 11 is 0. The summed E-state index contributed by atoms with van der Waals surface area (Å²) in [6.45, 7) is 3.53. The summed E-state index contributed by atoms with van der Waals surface area (Å²) in [5, 5.41) is 2.35. The number of amides is 1. The Hall–Kier alpha value is -3.81. The first-order valence-electron chi connectivity index (χ1n) is 9.10. The Morgan fingerprint density at radius 1 is 1.13 bits per heavy atom. The average molecular weight is 435 g/mol. The molecule has 0 radical (unpaired) electrons. The van der Waals surface area contributed by atoms with Crippen LogP contribution in [0.5, 0.6) is 0 Å². The summed E-state index contributed by atoms with van der Waals surface area (Å²) in [7, 11) is 0. The lowest BCUT2D eigenvalue weighted by Crippen LogP contribution is -2.36. The topological polar surface area (TPSA) is 181 Å². The van der Waals surface area contributed by atoms with Crippen molar-refractivity contribution in [3.63, 3.8) is 0 Å². The number of imidazole rings is 1. The van der Waals surface area contributed by atoms with E-state index < -0.39 is 60.0 Å². The molecule has 2 aromatic rings. The van der Waals surface area contributed by atoms with Crippen LogP contribution in [-0.4, -0.2) is 67.7 Å². The number of nitrogens with zero attached hydrogens (tertiary/aromatic N) is 3. The molecule has 0 saturated carbocycles. The minimum Gasteiger partial charge on any atom is -0.454 e. The van der Waals surface area contributed by atoms with E-state index in [0.29, 0.717) is 0 Å². The number of hydrogen-bond acceptors (Lipinski definition) is 11. The average Bonchev–Trinajstić information content (AvgIpc) is 3.29. The normalized spacial score (nSPS) is 26.9. The molecule has 164 valence electrons. The zero-order valence-corrected chi connectivity index (χ0v) is 16.5. The number of anilines is 1. The monoisotopic (exact) mass is 435 g/mol. The summed E-state index contributed by atoms with van der Waals surface area (Å²) in [4.78, 5) is 69.5. The molecular formula is C17H17N5O9. The maximum atomic E-state index is 12.6. The molecular weight excluding hydrogens is 418 g/mol. The molecule has 2 aliphatic rings. The number of carbonyl (C=O) groups is 4. The molecule has 14 heteroatoms. The van der Waals surface area contributed by atoms with Crippen LogP contribution in [0.15, 0.2) is 11.1 Å². The van der Waals surface area contributed by atoms with Gasteiger partial charge in [0, 0.05) is 20.8 Å². The molecule has 5 atom stereocenters. The SMILES string of the molecule is CC(=O)Nc1nc2ncn([C@@H]3O[C@H]4[C@@H](OC(=O)[C@H]4OC(C)=O)[C@H]3OC(C)=O)c2c(=O)[nH]1. The van der Waals surface area contributed by atoms with Gasteiger partial charge < -0.3 is 18.9 Å². The number of nitrogens with one attached hydrogen (secondary N) is 2. The highest BCUT2D eigenvalue weighted by atomic mass is 16.7. The van der Waals surface area contributed by atoms with Crippen LogP contribution in [0, 0.1) is 0 Å². The first kappa shape index (κ1) is 20.5. The van der Waals surface area contributed by atoms with E-state index in [4.69, 9.17) is 18.9 Å². The standard InChI is InChI=1S/C17H17N5O9/c1-5(23)19-17-20-13-8(14(26)21-17)22(4-18-13)15-11(28-6(2)24)9-10(30-15)12(16(27)31-9)29-7(3)25/h4,9-12,15H,1-3H3,(H2,19,20,21,23,26)/t9-,10+,11-,12+,15-/m1/s1. The molecule has 14 nitrogen and oxygen atoms in total. The molecule has 0 aliphatic carbocycles. The Labute approximate surface area is 172 Å². The third-order valence-electron chi connectivity index (χ3n) is 4.61. The Bertz CT molecular complexity index is 1150. The van der Waals surface area contributed by atoms with E-state index in [1.807, 2.05) is 0 Å². The first-order valence-corrected chi connectivity index (χ1v) is 9.10. The summed E-state index contributed by atoms with van der Waals surface area (Å²) in [6.07, 6.45) is -4.57. The Balaban J connectivity index is 1.74. The molecule has 4 heterocycles. The van der Waals surface area contributed by atoms with Gasteiger partial charge in [0.05, 0.1) is 0 Å². The third kappa shape index (κ3) is 3.61. The Morgan fingerprint density at radius 3 is 2.48 bits per heavy atom. The molecule has 2 aliphatic heterocycles. The van der Waals surface area contributed by atoms with Gasteiger partial charge in [-0.25, -0.2) is 9.78 Å². The molecule has 1 amide bonds. The van der Waals surface area contributed by atoms with Crippen molar-refractivity contribution in [2.24, 2.45) is 0 Å². The number of aromatic amines is 1. The van der Waals surface area contributed by atoms with E-state index in [1.165, 1.54) is 17.8 Å². The van der Waals surface area contributed by atoms with Gasteiger partial charge in [-0.15, -0.1) is 0 Å².